The number of amides is 1. The van der Waals surface area contributed by atoms with Crippen LogP contribution in [-0.4, -0.2) is 193 Å². The standard InChI is InChI=1S/C80H151NO18/c1-3-5-7-9-11-13-15-17-19-21-23-25-27-29-30-31-32-34-36-38-40-42-44-46-48-50-52-54-56-58-68(86)81-63(64(85)57-55-53-51-49-47-45-43-41-39-37-35-33-28-26-24-22-20-18-16-14-12-10-8-6-4-2)62-94-78-74(92)71(89)76(66(60-83)96-78)99-80-75(93)72(90)77(67(61-84)97-80)98-79-73(91)70(88)69(87)65(59-82)95-79/h21,23,55,57,63-67,69-80,82-85,87-93H,3-20,22,24-54,56,58-62H2,1-2H3,(H,81,86)/b23-21-,57-55+. The molecule has 3 heterocycles. The van der Waals surface area contributed by atoms with Gasteiger partial charge in [0.1, 0.15) is 73.2 Å². The Balaban J connectivity index is 1.37. The summed E-state index contributed by atoms with van der Waals surface area (Å²) in [6, 6.07) is -0.972. The third-order valence-corrected chi connectivity index (χ3v) is 20.7. The van der Waals surface area contributed by atoms with Gasteiger partial charge in [-0.05, 0) is 44.9 Å². The van der Waals surface area contributed by atoms with Gasteiger partial charge in [-0.25, -0.2) is 0 Å². The second-order valence-corrected chi connectivity index (χ2v) is 29.6. The predicted octanol–water partition coefficient (Wildman–Crippen LogP) is 13.7. The lowest BCUT2D eigenvalue weighted by molar-refractivity contribution is -0.379. The summed E-state index contributed by atoms with van der Waals surface area (Å²) in [5.41, 5.74) is 0. The van der Waals surface area contributed by atoms with Gasteiger partial charge in [0, 0.05) is 6.42 Å². The summed E-state index contributed by atoms with van der Waals surface area (Å²) < 4.78 is 34.5. The van der Waals surface area contributed by atoms with Crippen LogP contribution in [0, 0.1) is 0 Å². The number of allylic oxidation sites excluding steroid dienone is 3. The first-order valence-corrected chi connectivity index (χ1v) is 41.1. The molecule has 0 aromatic carbocycles. The second kappa shape index (κ2) is 61.4. The maximum Gasteiger partial charge on any atom is 0.220 e. The monoisotopic (exact) mass is 1410 g/mol. The van der Waals surface area contributed by atoms with Crippen LogP contribution in [0.1, 0.15) is 348 Å². The zero-order valence-electron chi connectivity index (χ0n) is 62.5. The van der Waals surface area contributed by atoms with Crippen LogP contribution >= 0.6 is 0 Å². The number of hydrogen-bond acceptors (Lipinski definition) is 18. The Bertz CT molecular complexity index is 1880. The molecule has 17 atom stereocenters. The molecular weight excluding hydrogens is 1260 g/mol. The summed E-state index contributed by atoms with van der Waals surface area (Å²) in [6.07, 6.45) is 47.4. The maximum atomic E-state index is 13.5. The Kier molecular flexibility index (Phi) is 56.8. The average Bonchev–Trinajstić information content (AvgIpc) is 0.785. The van der Waals surface area contributed by atoms with Gasteiger partial charge in [-0.1, -0.05) is 321 Å². The fourth-order valence-electron chi connectivity index (χ4n) is 14.1. The number of hydrogen-bond donors (Lipinski definition) is 12. The van der Waals surface area contributed by atoms with E-state index < -0.39 is 124 Å². The van der Waals surface area contributed by atoms with Crippen LogP contribution in [0.5, 0.6) is 0 Å². The van der Waals surface area contributed by atoms with Gasteiger partial charge in [-0.15, -0.1) is 0 Å². The van der Waals surface area contributed by atoms with E-state index >= 15 is 0 Å². The van der Waals surface area contributed by atoms with E-state index in [0.29, 0.717) is 6.42 Å². The van der Waals surface area contributed by atoms with Gasteiger partial charge in [-0.2, -0.15) is 0 Å². The van der Waals surface area contributed by atoms with Crippen LogP contribution in [0.15, 0.2) is 24.3 Å². The molecule has 3 rings (SSSR count). The number of ether oxygens (including phenoxy) is 6. The summed E-state index contributed by atoms with van der Waals surface area (Å²) >= 11 is 0. The van der Waals surface area contributed by atoms with Crippen LogP contribution in [0.4, 0.5) is 0 Å². The molecular formula is C80H151NO18. The topological polar surface area (TPSA) is 307 Å². The lowest BCUT2D eigenvalue weighted by Crippen LogP contribution is -2.66. The van der Waals surface area contributed by atoms with Crippen molar-refractivity contribution in [2.24, 2.45) is 0 Å². The number of aliphatic hydroxyl groups is 11. The van der Waals surface area contributed by atoms with E-state index in [0.717, 1.165) is 44.9 Å². The highest BCUT2D eigenvalue weighted by molar-refractivity contribution is 5.76. The van der Waals surface area contributed by atoms with Crippen molar-refractivity contribution in [3.05, 3.63) is 24.3 Å². The van der Waals surface area contributed by atoms with Gasteiger partial charge in [-0.3, -0.25) is 4.79 Å². The van der Waals surface area contributed by atoms with Crippen molar-refractivity contribution >= 4 is 5.91 Å². The Morgan fingerprint density at radius 2 is 0.636 bits per heavy atom. The summed E-state index contributed by atoms with van der Waals surface area (Å²) in [5, 5.41) is 121. The summed E-state index contributed by atoms with van der Waals surface area (Å²) in [6.45, 7) is 1.80. The van der Waals surface area contributed by atoms with Crippen molar-refractivity contribution in [2.75, 3.05) is 26.4 Å². The summed E-state index contributed by atoms with van der Waals surface area (Å²) in [5.74, 6) is -0.268. The second-order valence-electron chi connectivity index (χ2n) is 29.6. The van der Waals surface area contributed by atoms with E-state index in [1.807, 2.05) is 6.08 Å². The Hall–Kier alpha value is -1.73. The van der Waals surface area contributed by atoms with E-state index in [9.17, 15) is 61.0 Å². The lowest BCUT2D eigenvalue weighted by atomic mass is 9.96. The third kappa shape index (κ3) is 41.7. The lowest BCUT2D eigenvalue weighted by Gasteiger charge is -2.48. The number of unbranched alkanes of at least 4 members (excludes halogenated alkanes) is 48. The van der Waals surface area contributed by atoms with Crippen molar-refractivity contribution in [1.29, 1.82) is 0 Å². The summed E-state index contributed by atoms with van der Waals surface area (Å²) in [7, 11) is 0. The molecule has 17 unspecified atom stereocenters. The van der Waals surface area contributed by atoms with Crippen molar-refractivity contribution in [3.8, 4) is 0 Å². The number of aliphatic hydroxyl groups excluding tert-OH is 11. The molecule has 3 aliphatic heterocycles. The third-order valence-electron chi connectivity index (χ3n) is 20.7. The van der Waals surface area contributed by atoms with Crippen LogP contribution in [0.25, 0.3) is 0 Å². The van der Waals surface area contributed by atoms with E-state index in [1.165, 1.54) is 276 Å². The van der Waals surface area contributed by atoms with E-state index in [1.54, 1.807) is 6.08 Å². The smallest absolute Gasteiger partial charge is 0.220 e. The van der Waals surface area contributed by atoms with Crippen LogP contribution < -0.4 is 5.32 Å². The molecule has 1 amide bonds. The minimum Gasteiger partial charge on any atom is -0.394 e. The van der Waals surface area contributed by atoms with Crippen LogP contribution in [0.2, 0.25) is 0 Å². The van der Waals surface area contributed by atoms with Gasteiger partial charge >= 0.3 is 0 Å². The fourth-order valence-corrected chi connectivity index (χ4v) is 14.1. The van der Waals surface area contributed by atoms with Crippen molar-refractivity contribution in [1.82, 2.24) is 5.32 Å². The van der Waals surface area contributed by atoms with E-state index in [-0.39, 0.29) is 18.9 Å². The first kappa shape index (κ1) is 91.5. The van der Waals surface area contributed by atoms with Gasteiger partial charge in [0.05, 0.1) is 38.6 Å². The van der Waals surface area contributed by atoms with Gasteiger partial charge in [0.25, 0.3) is 0 Å². The van der Waals surface area contributed by atoms with E-state index in [4.69, 9.17) is 28.4 Å². The van der Waals surface area contributed by atoms with Crippen molar-refractivity contribution in [3.63, 3.8) is 0 Å². The zero-order chi connectivity index (χ0) is 71.8. The molecule has 0 aromatic rings. The van der Waals surface area contributed by atoms with Gasteiger partial charge in [0.2, 0.25) is 5.91 Å². The predicted molar refractivity (Wildman–Crippen MR) is 393 cm³/mol. The number of carbonyl (C=O) groups is 1. The first-order valence-electron chi connectivity index (χ1n) is 41.1. The van der Waals surface area contributed by atoms with E-state index in [2.05, 4.69) is 31.3 Å². The molecule has 0 radical (unpaired) electrons. The minimum atomic E-state index is -1.98. The normalized spacial score (nSPS) is 26.7. The molecule has 19 heteroatoms. The quantitative estimate of drug-likeness (QED) is 0.0199. The van der Waals surface area contributed by atoms with Gasteiger partial charge < -0.3 is 89.9 Å². The maximum absolute atomic E-state index is 13.5. The molecule has 0 aromatic heterocycles. The largest absolute Gasteiger partial charge is 0.394 e. The van der Waals surface area contributed by atoms with Crippen LogP contribution in [0.3, 0.4) is 0 Å². The Morgan fingerprint density at radius 1 is 0.354 bits per heavy atom. The number of rotatable bonds is 66. The number of carbonyl (C=O) groups excluding carboxylic acids is 1. The molecule has 0 aliphatic carbocycles. The molecule has 99 heavy (non-hydrogen) atoms. The molecule has 0 spiro atoms. The summed E-state index contributed by atoms with van der Waals surface area (Å²) in [4.78, 5) is 13.5. The molecule has 3 aliphatic rings. The SMILES string of the molecule is CCCCCCCCCC/C=C\CCCCCCCCCCCCCCCCCCCC(=O)NC(COC1OC(CO)C(OC2OC(CO)C(OC3OC(CO)C(O)C(O)C3O)C(O)C2O)C(O)C1O)C(O)/C=C/CCCCCCCCCCCCCCCCCCCCCCCCC. The average molecular weight is 1420 g/mol. The minimum absolute atomic E-state index is 0.248. The zero-order valence-corrected chi connectivity index (χ0v) is 62.5. The Morgan fingerprint density at radius 3 is 0.980 bits per heavy atom. The number of nitrogens with one attached hydrogen (secondary N) is 1. The molecule has 0 bridgehead atoms. The highest BCUT2D eigenvalue weighted by Crippen LogP contribution is 2.33. The van der Waals surface area contributed by atoms with Gasteiger partial charge in [0.15, 0.2) is 18.9 Å². The molecule has 0 saturated carbocycles. The van der Waals surface area contributed by atoms with Crippen molar-refractivity contribution < 1.29 is 89.4 Å². The first-order chi connectivity index (χ1) is 48.3. The molecule has 3 saturated heterocycles. The molecule has 584 valence electrons. The molecule has 19 nitrogen and oxygen atoms in total. The van der Waals surface area contributed by atoms with Crippen LogP contribution in [-0.2, 0) is 33.2 Å². The Labute approximate surface area is 600 Å². The van der Waals surface area contributed by atoms with Crippen molar-refractivity contribution in [2.45, 2.75) is 452 Å². The highest BCUT2D eigenvalue weighted by atomic mass is 16.8. The fraction of sp³-hybridized carbons (Fsp3) is 0.938. The molecule has 12 N–H and O–H groups in total. The highest BCUT2D eigenvalue weighted by Gasteiger charge is 2.54. The molecule has 3 fully saturated rings.